The quantitative estimate of drug-likeness (QED) is 0.354. The van der Waals surface area contributed by atoms with Crippen molar-refractivity contribution >= 4 is 17.7 Å². The van der Waals surface area contributed by atoms with Crippen LogP contribution in [-0.4, -0.2) is 82.1 Å². The number of hydrogen-bond acceptors (Lipinski definition) is 11. The van der Waals surface area contributed by atoms with E-state index in [9.17, 15) is 24.9 Å². The molecule has 224 valence electrons. The molecule has 1 spiro atoms. The van der Waals surface area contributed by atoms with Gasteiger partial charge in [-0.3, -0.25) is 14.4 Å². The molecule has 41 heavy (non-hydrogen) atoms. The zero-order valence-electron chi connectivity index (χ0n) is 23.9. The summed E-state index contributed by atoms with van der Waals surface area (Å²) in [6, 6.07) is 1.84. The van der Waals surface area contributed by atoms with Gasteiger partial charge in [-0.1, -0.05) is 20.8 Å². The van der Waals surface area contributed by atoms with Crippen LogP contribution >= 0.6 is 0 Å². The van der Waals surface area contributed by atoms with Crippen LogP contribution in [0.3, 0.4) is 0 Å². The van der Waals surface area contributed by atoms with Gasteiger partial charge in [0.2, 0.25) is 0 Å². The number of hydrogen-bond donors (Lipinski definition) is 3. The molecule has 1 unspecified atom stereocenters. The fourth-order valence-corrected chi connectivity index (χ4v) is 11.0. The number of aliphatic hydroxyl groups is 3. The average molecular weight is 575 g/mol. The topological polar surface area (TPSA) is 165 Å². The summed E-state index contributed by atoms with van der Waals surface area (Å²) in [6.45, 7) is 7.85. The molecule has 0 amide bonds. The van der Waals surface area contributed by atoms with Crippen LogP contribution in [0.2, 0.25) is 0 Å². The highest BCUT2D eigenvalue weighted by Crippen LogP contribution is 2.82. The number of esters is 2. The molecule has 6 aliphatic rings. The first-order valence-corrected chi connectivity index (χ1v) is 14.5. The fourth-order valence-electron chi connectivity index (χ4n) is 11.0. The monoisotopic (exact) mass is 574 g/mol. The van der Waals surface area contributed by atoms with Crippen molar-refractivity contribution < 1.29 is 53.1 Å². The summed E-state index contributed by atoms with van der Waals surface area (Å²) in [4.78, 5) is 39.7. The molecule has 2 saturated heterocycles. The lowest BCUT2D eigenvalue weighted by atomic mass is 9.33. The van der Waals surface area contributed by atoms with Crippen LogP contribution in [0, 0.1) is 33.5 Å². The van der Waals surface area contributed by atoms with Crippen LogP contribution in [0.1, 0.15) is 65.4 Å². The molecule has 7 rings (SSSR count). The summed E-state index contributed by atoms with van der Waals surface area (Å²) in [5, 5.41) is 35.4. The molecule has 2 aliphatic heterocycles. The van der Waals surface area contributed by atoms with E-state index in [1.54, 1.807) is 19.5 Å². The molecular formula is C30H38O11. The Morgan fingerprint density at radius 3 is 2.32 bits per heavy atom. The maximum atomic E-state index is 15.0. The van der Waals surface area contributed by atoms with E-state index in [1.165, 1.54) is 13.8 Å². The molecule has 0 aromatic carbocycles. The van der Waals surface area contributed by atoms with Crippen molar-refractivity contribution in [2.45, 2.75) is 102 Å². The number of ether oxygens (including phenoxy) is 4. The maximum Gasteiger partial charge on any atom is 0.303 e. The van der Waals surface area contributed by atoms with Gasteiger partial charge in [-0.15, -0.1) is 0 Å². The summed E-state index contributed by atoms with van der Waals surface area (Å²) in [5.74, 6) is -3.56. The lowest BCUT2D eigenvalue weighted by Gasteiger charge is -2.73. The largest absolute Gasteiger partial charge is 0.472 e. The number of rotatable bonds is 3. The normalized spacial score (nSPS) is 54.7. The predicted octanol–water partition coefficient (Wildman–Crippen LogP) is 1.47. The SMILES string of the molecule is CC(=O)OC1C[C@H](O)[C@@]23CO[C@H](O)[C@]1(C)[C@@H]2C[C@@H](O)[C@]1(C)[C@@H]3C(=O)[C@H](OC(C)=O)[C@@]2(C)[C@H](c3ccoc3)C[C@H]3O[C@]321. The second-order valence-corrected chi connectivity index (χ2v) is 13.9. The van der Waals surface area contributed by atoms with Gasteiger partial charge in [-0.2, -0.15) is 0 Å². The summed E-state index contributed by atoms with van der Waals surface area (Å²) < 4.78 is 29.5. The zero-order valence-corrected chi connectivity index (χ0v) is 23.9. The van der Waals surface area contributed by atoms with E-state index >= 15 is 4.79 Å². The first-order valence-electron chi connectivity index (χ1n) is 14.5. The van der Waals surface area contributed by atoms with Crippen molar-refractivity contribution in [3.63, 3.8) is 0 Å². The molecule has 14 atom stereocenters. The van der Waals surface area contributed by atoms with Gasteiger partial charge in [-0.05, 0) is 30.4 Å². The highest BCUT2D eigenvalue weighted by molar-refractivity contribution is 5.93. The second-order valence-electron chi connectivity index (χ2n) is 13.9. The van der Waals surface area contributed by atoms with Crippen molar-refractivity contribution in [3.05, 3.63) is 24.2 Å². The number of furan rings is 1. The van der Waals surface area contributed by atoms with Crippen molar-refractivity contribution in [2.75, 3.05) is 6.61 Å². The minimum absolute atomic E-state index is 0.0205. The van der Waals surface area contributed by atoms with Gasteiger partial charge < -0.3 is 38.7 Å². The van der Waals surface area contributed by atoms with E-state index < -0.39 is 87.5 Å². The van der Waals surface area contributed by atoms with Crippen molar-refractivity contribution in [1.82, 2.24) is 0 Å². The maximum absolute atomic E-state index is 15.0. The Morgan fingerprint density at radius 2 is 1.68 bits per heavy atom. The van der Waals surface area contributed by atoms with Crippen molar-refractivity contribution in [2.24, 2.45) is 33.5 Å². The summed E-state index contributed by atoms with van der Waals surface area (Å²) >= 11 is 0. The highest BCUT2D eigenvalue weighted by Gasteiger charge is 2.92. The van der Waals surface area contributed by atoms with Gasteiger partial charge in [0.15, 0.2) is 18.2 Å². The van der Waals surface area contributed by atoms with Gasteiger partial charge in [0.1, 0.15) is 11.7 Å². The first kappa shape index (κ1) is 27.5. The Labute approximate surface area is 237 Å². The third-order valence-corrected chi connectivity index (χ3v) is 12.6. The van der Waals surface area contributed by atoms with Crippen LogP contribution < -0.4 is 0 Å². The minimum atomic E-state index is -1.36. The lowest BCUT2D eigenvalue weighted by molar-refractivity contribution is -0.373. The zero-order chi connectivity index (χ0) is 29.5. The minimum Gasteiger partial charge on any atom is -0.472 e. The molecule has 2 bridgehead atoms. The second kappa shape index (κ2) is 8.19. The van der Waals surface area contributed by atoms with Gasteiger partial charge in [0, 0.05) is 42.9 Å². The van der Waals surface area contributed by atoms with E-state index in [4.69, 9.17) is 23.4 Å². The van der Waals surface area contributed by atoms with Gasteiger partial charge >= 0.3 is 11.9 Å². The third-order valence-electron chi connectivity index (χ3n) is 12.6. The molecule has 3 N–H and O–H groups in total. The van der Waals surface area contributed by atoms with E-state index in [-0.39, 0.29) is 31.5 Å². The van der Waals surface area contributed by atoms with Crippen molar-refractivity contribution in [3.8, 4) is 0 Å². The van der Waals surface area contributed by atoms with Gasteiger partial charge in [0.05, 0.1) is 48.3 Å². The first-order chi connectivity index (χ1) is 19.2. The number of aliphatic hydroxyl groups excluding tert-OH is 3. The van der Waals surface area contributed by atoms with Crippen LogP contribution in [0.25, 0.3) is 0 Å². The van der Waals surface area contributed by atoms with E-state index in [0.717, 1.165) is 5.56 Å². The molecule has 0 radical (unpaired) electrons. The number of ketones is 1. The van der Waals surface area contributed by atoms with Gasteiger partial charge in [-0.25, -0.2) is 0 Å². The lowest BCUT2D eigenvalue weighted by Crippen LogP contribution is -2.82. The number of epoxide rings is 1. The van der Waals surface area contributed by atoms with E-state index in [0.29, 0.717) is 6.42 Å². The smallest absolute Gasteiger partial charge is 0.303 e. The standard InChI is InChI=1S/C30H38O11/c1-13(31)39-20-10-19(34)29-12-38-25(36)26(20,3)17(29)9-18(33)28(5)23(29)22(35)24(40-14(2)32)27(4)16(15-6-7-37-11-15)8-21-30(27,28)41-21/h6-7,11,16-21,23-25,33-34,36H,8-10,12H2,1-5H3/t16-,17-,18+,19-,20?,21+,23-,24-,25-,26+,27+,28+,29+,30+/m0/s1. The molecular weight excluding hydrogens is 536 g/mol. The number of Topliss-reactive ketones (excluding diaryl/α,β-unsaturated/α-hetero) is 1. The molecule has 11 heteroatoms. The number of fused-ring (bicyclic) bond motifs is 1. The van der Waals surface area contributed by atoms with Crippen LogP contribution in [0.5, 0.6) is 0 Å². The molecule has 4 saturated carbocycles. The number of carbonyl (C=O) groups excluding carboxylic acids is 3. The average Bonchev–Trinajstić information content (AvgIpc) is 3.26. The molecule has 1 aromatic heterocycles. The molecule has 4 aliphatic carbocycles. The summed E-state index contributed by atoms with van der Waals surface area (Å²) in [6.07, 6.45) is -2.27. The predicted molar refractivity (Wildman–Crippen MR) is 137 cm³/mol. The summed E-state index contributed by atoms with van der Waals surface area (Å²) in [5.41, 5.74) is -4.93. The fraction of sp³-hybridized carbons (Fsp3) is 0.767. The molecule has 3 heterocycles. The number of carbonyl (C=O) groups is 3. The summed E-state index contributed by atoms with van der Waals surface area (Å²) in [7, 11) is 0. The molecule has 11 nitrogen and oxygen atoms in total. The molecule has 6 fully saturated rings. The Hall–Kier alpha value is -2.31. The van der Waals surface area contributed by atoms with Crippen LogP contribution in [-0.2, 0) is 33.3 Å². The molecule has 1 aromatic rings. The third kappa shape index (κ3) is 2.85. The Morgan fingerprint density at radius 1 is 0.976 bits per heavy atom. The van der Waals surface area contributed by atoms with Gasteiger partial charge in [0.25, 0.3) is 0 Å². The Bertz CT molecular complexity index is 1310. The highest BCUT2D eigenvalue weighted by atomic mass is 16.6. The Balaban J connectivity index is 1.44. The van der Waals surface area contributed by atoms with Crippen molar-refractivity contribution in [1.29, 1.82) is 0 Å². The van der Waals surface area contributed by atoms with Crippen LogP contribution in [0.15, 0.2) is 23.0 Å². The Kier molecular flexibility index (Phi) is 5.50. The van der Waals surface area contributed by atoms with Crippen LogP contribution in [0.4, 0.5) is 0 Å². The van der Waals surface area contributed by atoms with E-state index in [1.807, 2.05) is 19.9 Å². The van der Waals surface area contributed by atoms with E-state index in [2.05, 4.69) is 0 Å².